The van der Waals surface area contributed by atoms with E-state index in [1.807, 2.05) is 30.6 Å². The number of imidazole rings is 1. The van der Waals surface area contributed by atoms with Gasteiger partial charge >= 0.3 is 0 Å². The Morgan fingerprint density at radius 3 is 2.62 bits per heavy atom. The second kappa shape index (κ2) is 5.52. The summed E-state index contributed by atoms with van der Waals surface area (Å²) in [7, 11) is 0. The topological polar surface area (TPSA) is 74.5 Å². The summed E-state index contributed by atoms with van der Waals surface area (Å²) >= 11 is 0. The molecule has 3 N–H and O–H groups in total. The maximum Gasteiger partial charge on any atom is 0.180 e. The molecular formula is C15H25N5O. The summed E-state index contributed by atoms with van der Waals surface area (Å²) in [5.74, 6) is 1.45. The molecule has 6 nitrogen and oxygen atoms in total. The van der Waals surface area contributed by atoms with Crippen molar-refractivity contribution in [1.82, 2.24) is 14.4 Å². The Morgan fingerprint density at radius 2 is 2.00 bits per heavy atom. The summed E-state index contributed by atoms with van der Waals surface area (Å²) in [5, 5.41) is 16.9. The van der Waals surface area contributed by atoms with E-state index in [2.05, 4.69) is 27.5 Å². The molecule has 0 aliphatic heterocycles. The predicted molar refractivity (Wildman–Crippen MR) is 85.8 cm³/mol. The third-order valence-electron chi connectivity index (χ3n) is 3.89. The first-order valence-corrected chi connectivity index (χ1v) is 7.33. The molecule has 0 amide bonds. The lowest BCUT2D eigenvalue weighted by molar-refractivity contribution is 0.0239. The zero-order valence-corrected chi connectivity index (χ0v) is 13.4. The Balaban J connectivity index is 2.39. The van der Waals surface area contributed by atoms with Gasteiger partial charge in [-0.1, -0.05) is 6.92 Å². The molecule has 2 aromatic rings. The van der Waals surface area contributed by atoms with Gasteiger partial charge in [-0.15, -0.1) is 0 Å². The number of anilines is 2. The van der Waals surface area contributed by atoms with Crippen LogP contribution in [-0.4, -0.2) is 37.2 Å². The number of aromatic nitrogens is 3. The van der Waals surface area contributed by atoms with Crippen molar-refractivity contribution in [2.75, 3.05) is 17.2 Å². The van der Waals surface area contributed by atoms with Crippen molar-refractivity contribution in [3.8, 4) is 0 Å². The molecular weight excluding hydrogens is 266 g/mol. The molecule has 0 spiro atoms. The zero-order chi connectivity index (χ0) is 15.7. The highest BCUT2D eigenvalue weighted by Gasteiger charge is 2.35. The summed E-state index contributed by atoms with van der Waals surface area (Å²) in [4.78, 5) is 8.93. The van der Waals surface area contributed by atoms with Crippen LogP contribution in [0.1, 0.15) is 41.0 Å². The third kappa shape index (κ3) is 3.26. The molecule has 2 heterocycles. The van der Waals surface area contributed by atoms with Gasteiger partial charge < -0.3 is 20.1 Å². The van der Waals surface area contributed by atoms with Gasteiger partial charge in [-0.25, -0.2) is 9.97 Å². The van der Waals surface area contributed by atoms with Crippen LogP contribution in [0.4, 0.5) is 11.6 Å². The number of aliphatic hydroxyl groups is 1. The van der Waals surface area contributed by atoms with Crippen LogP contribution in [0.3, 0.4) is 0 Å². The van der Waals surface area contributed by atoms with Crippen molar-refractivity contribution in [2.24, 2.45) is 0 Å². The van der Waals surface area contributed by atoms with Crippen LogP contribution in [0.25, 0.3) is 5.65 Å². The van der Waals surface area contributed by atoms with E-state index in [0.29, 0.717) is 5.82 Å². The molecule has 0 atom stereocenters. The highest BCUT2D eigenvalue weighted by Crippen LogP contribution is 2.27. The molecule has 116 valence electrons. The Bertz CT molecular complexity index is 612. The van der Waals surface area contributed by atoms with Crippen LogP contribution < -0.4 is 10.6 Å². The van der Waals surface area contributed by atoms with Gasteiger partial charge in [-0.05, 0) is 34.1 Å². The lowest BCUT2D eigenvalue weighted by Gasteiger charge is -2.38. The minimum absolute atomic E-state index is 0.546. The van der Waals surface area contributed by atoms with E-state index >= 15 is 0 Å². The average Bonchev–Trinajstić information content (AvgIpc) is 2.83. The maximum atomic E-state index is 10.3. The van der Waals surface area contributed by atoms with E-state index in [4.69, 9.17) is 0 Å². The van der Waals surface area contributed by atoms with Gasteiger partial charge in [0.25, 0.3) is 0 Å². The zero-order valence-electron chi connectivity index (χ0n) is 13.4. The van der Waals surface area contributed by atoms with Crippen molar-refractivity contribution >= 4 is 17.3 Å². The quantitative estimate of drug-likeness (QED) is 0.762. The molecule has 0 saturated carbocycles. The number of hydrogen-bond donors (Lipinski definition) is 3. The standard InChI is InChI=1S/C15H25N5O/c1-6-7-16-11-10-20-9-8-17-13(20)12(18-11)19-14(2,3)15(4,5)21/h8-10,16,21H,6-7H2,1-5H3,(H,18,19). The molecule has 0 aliphatic rings. The summed E-state index contributed by atoms with van der Waals surface area (Å²) < 4.78 is 1.92. The molecule has 0 fully saturated rings. The fourth-order valence-electron chi connectivity index (χ4n) is 1.80. The Morgan fingerprint density at radius 1 is 1.29 bits per heavy atom. The highest BCUT2D eigenvalue weighted by atomic mass is 16.3. The van der Waals surface area contributed by atoms with Gasteiger partial charge in [0.05, 0.1) is 17.3 Å². The van der Waals surface area contributed by atoms with Crippen LogP contribution in [0.5, 0.6) is 0 Å². The molecule has 6 heteroatoms. The van der Waals surface area contributed by atoms with Crippen LogP contribution in [0.15, 0.2) is 18.6 Å². The largest absolute Gasteiger partial charge is 0.388 e. The van der Waals surface area contributed by atoms with E-state index in [1.165, 1.54) is 0 Å². The monoisotopic (exact) mass is 291 g/mol. The Labute approximate surface area is 125 Å². The molecule has 0 unspecified atom stereocenters. The number of rotatable bonds is 6. The van der Waals surface area contributed by atoms with E-state index in [9.17, 15) is 5.11 Å². The van der Waals surface area contributed by atoms with Crippen LogP contribution >= 0.6 is 0 Å². The van der Waals surface area contributed by atoms with Gasteiger partial charge in [0.2, 0.25) is 0 Å². The molecule has 2 aromatic heterocycles. The van der Waals surface area contributed by atoms with Crippen molar-refractivity contribution in [3.05, 3.63) is 18.6 Å². The molecule has 0 aromatic carbocycles. The van der Waals surface area contributed by atoms with Crippen molar-refractivity contribution in [3.63, 3.8) is 0 Å². The predicted octanol–water partition coefficient (Wildman–Crippen LogP) is 2.51. The maximum absolute atomic E-state index is 10.3. The van der Waals surface area contributed by atoms with Crippen LogP contribution in [0.2, 0.25) is 0 Å². The van der Waals surface area contributed by atoms with E-state index in [-0.39, 0.29) is 0 Å². The van der Waals surface area contributed by atoms with E-state index in [1.54, 1.807) is 20.0 Å². The summed E-state index contributed by atoms with van der Waals surface area (Å²) in [6.07, 6.45) is 6.57. The minimum Gasteiger partial charge on any atom is -0.388 e. The first-order valence-electron chi connectivity index (χ1n) is 7.33. The van der Waals surface area contributed by atoms with Gasteiger partial charge in [0, 0.05) is 18.9 Å². The fourth-order valence-corrected chi connectivity index (χ4v) is 1.80. The summed E-state index contributed by atoms with van der Waals surface area (Å²) in [6, 6.07) is 0. The Hall–Kier alpha value is -1.82. The van der Waals surface area contributed by atoms with E-state index < -0.39 is 11.1 Å². The molecule has 0 radical (unpaired) electrons. The summed E-state index contributed by atoms with van der Waals surface area (Å²) in [5.41, 5.74) is -0.699. The first kappa shape index (κ1) is 15.6. The van der Waals surface area contributed by atoms with Gasteiger partial charge in [-0.3, -0.25) is 0 Å². The number of nitrogens with one attached hydrogen (secondary N) is 2. The summed E-state index contributed by atoms with van der Waals surface area (Å²) in [6.45, 7) is 10.4. The first-order chi connectivity index (χ1) is 9.74. The van der Waals surface area contributed by atoms with Gasteiger partial charge in [0.15, 0.2) is 11.5 Å². The van der Waals surface area contributed by atoms with E-state index in [0.717, 1.165) is 24.4 Å². The lowest BCUT2D eigenvalue weighted by atomic mass is 9.86. The number of fused-ring (bicyclic) bond motifs is 1. The van der Waals surface area contributed by atoms with Crippen molar-refractivity contribution < 1.29 is 5.11 Å². The normalized spacial score (nSPS) is 12.7. The van der Waals surface area contributed by atoms with Crippen LogP contribution in [-0.2, 0) is 0 Å². The molecule has 0 bridgehead atoms. The molecule has 0 aliphatic carbocycles. The second-order valence-electron chi connectivity index (χ2n) is 6.37. The van der Waals surface area contributed by atoms with Gasteiger partial charge in [-0.2, -0.15) is 0 Å². The average molecular weight is 291 g/mol. The number of nitrogens with zero attached hydrogens (tertiary/aromatic N) is 3. The highest BCUT2D eigenvalue weighted by molar-refractivity contribution is 5.66. The minimum atomic E-state index is -0.898. The lowest BCUT2D eigenvalue weighted by Crippen LogP contribution is -2.51. The smallest absolute Gasteiger partial charge is 0.180 e. The molecule has 2 rings (SSSR count). The van der Waals surface area contributed by atoms with Crippen molar-refractivity contribution in [2.45, 2.75) is 52.2 Å². The van der Waals surface area contributed by atoms with Gasteiger partial charge in [0.1, 0.15) is 5.82 Å². The SMILES string of the molecule is CCCNc1cn2ccnc2c(NC(C)(C)C(C)(C)O)n1. The molecule has 0 saturated heterocycles. The van der Waals surface area contributed by atoms with Crippen LogP contribution in [0, 0.1) is 0 Å². The molecule has 21 heavy (non-hydrogen) atoms. The van der Waals surface area contributed by atoms with Crippen molar-refractivity contribution in [1.29, 1.82) is 0 Å². The third-order valence-corrected chi connectivity index (χ3v) is 3.89. The number of hydrogen-bond acceptors (Lipinski definition) is 5. The second-order valence-corrected chi connectivity index (χ2v) is 6.37. The fraction of sp³-hybridized carbons (Fsp3) is 0.600. The Kier molecular flexibility index (Phi) is 4.09.